The molecule has 2 rings (SSSR count). The van der Waals surface area contributed by atoms with Crippen LogP contribution in [0.5, 0.6) is 0 Å². The summed E-state index contributed by atoms with van der Waals surface area (Å²) in [6.45, 7) is 20.0. The minimum Gasteiger partial charge on any atom is -0.103 e. The van der Waals surface area contributed by atoms with Crippen molar-refractivity contribution in [2.75, 3.05) is 0 Å². The first-order valence-electron chi connectivity index (χ1n) is 9.07. The van der Waals surface area contributed by atoms with Crippen molar-refractivity contribution < 1.29 is 0 Å². The summed E-state index contributed by atoms with van der Waals surface area (Å²) in [5, 5.41) is 0. The molecule has 0 heterocycles. The van der Waals surface area contributed by atoms with Crippen molar-refractivity contribution >= 4 is 0 Å². The van der Waals surface area contributed by atoms with Crippen LogP contribution in [0.25, 0.3) is 11.1 Å². The molecule has 0 bridgehead atoms. The van der Waals surface area contributed by atoms with E-state index in [0.717, 1.165) is 12.8 Å². The van der Waals surface area contributed by atoms with Crippen molar-refractivity contribution in [1.29, 1.82) is 0 Å². The van der Waals surface area contributed by atoms with Crippen LogP contribution in [-0.2, 0) is 12.8 Å². The van der Waals surface area contributed by atoms with Gasteiger partial charge in [0, 0.05) is 0 Å². The van der Waals surface area contributed by atoms with Gasteiger partial charge in [-0.25, -0.2) is 0 Å². The van der Waals surface area contributed by atoms with Crippen LogP contribution in [0.2, 0.25) is 0 Å². The first-order valence-corrected chi connectivity index (χ1v) is 9.07. The molecular weight excluding hydrogens is 288 g/mol. The zero-order valence-electron chi connectivity index (χ0n) is 16.4. The number of rotatable bonds is 5. The standard InChI is InChI=1S/C20H22.2C2H6/c1-5-7-17-11-9-15(3)19(13-17)20-14-18(8-6-2)12-10-16(20)4;2*1-2/h5-6,9-14H,1-2,7-8H2,3-4H3;2*1-2H3. The summed E-state index contributed by atoms with van der Waals surface area (Å²) < 4.78 is 0. The molecule has 2 aromatic rings. The van der Waals surface area contributed by atoms with E-state index in [1.54, 1.807) is 0 Å². The van der Waals surface area contributed by atoms with E-state index in [-0.39, 0.29) is 0 Å². The van der Waals surface area contributed by atoms with E-state index >= 15 is 0 Å². The van der Waals surface area contributed by atoms with Crippen molar-refractivity contribution in [2.24, 2.45) is 0 Å². The average molecular weight is 323 g/mol. The molecule has 0 spiro atoms. The molecule has 0 heteroatoms. The Kier molecular flexibility index (Phi) is 11.3. The van der Waals surface area contributed by atoms with Gasteiger partial charge in [-0.3, -0.25) is 0 Å². The SMILES string of the molecule is C=CCc1ccc(C)c(-c2cc(CC=C)ccc2C)c1.CC.CC. The van der Waals surface area contributed by atoms with Gasteiger partial charge in [0.25, 0.3) is 0 Å². The lowest BCUT2D eigenvalue weighted by Gasteiger charge is -2.13. The number of aryl methyl sites for hydroxylation is 2. The van der Waals surface area contributed by atoms with E-state index in [1.165, 1.54) is 33.4 Å². The van der Waals surface area contributed by atoms with Gasteiger partial charge in [-0.05, 0) is 60.1 Å². The summed E-state index contributed by atoms with van der Waals surface area (Å²) in [6, 6.07) is 13.3. The minimum atomic E-state index is 0.915. The normalized spacial score (nSPS) is 9.08. The Hall–Kier alpha value is -2.08. The van der Waals surface area contributed by atoms with Crippen LogP contribution in [-0.4, -0.2) is 0 Å². The fraction of sp³-hybridized carbons (Fsp3) is 0.333. The summed E-state index contributed by atoms with van der Waals surface area (Å²) >= 11 is 0. The van der Waals surface area contributed by atoms with Crippen LogP contribution in [0.4, 0.5) is 0 Å². The molecule has 0 aliphatic carbocycles. The van der Waals surface area contributed by atoms with Gasteiger partial charge in [-0.2, -0.15) is 0 Å². The molecule has 0 aliphatic rings. The van der Waals surface area contributed by atoms with Gasteiger partial charge < -0.3 is 0 Å². The molecular formula is C24H34. The molecule has 0 aromatic heterocycles. The smallest absolute Gasteiger partial charge is 0.00999 e. The highest BCUT2D eigenvalue weighted by molar-refractivity contribution is 5.71. The van der Waals surface area contributed by atoms with E-state index < -0.39 is 0 Å². The molecule has 0 unspecified atom stereocenters. The highest BCUT2D eigenvalue weighted by Gasteiger charge is 2.07. The Morgan fingerprint density at radius 2 is 1.00 bits per heavy atom. The third-order valence-electron chi connectivity index (χ3n) is 3.65. The topological polar surface area (TPSA) is 0 Å². The zero-order chi connectivity index (χ0) is 18.5. The van der Waals surface area contributed by atoms with Gasteiger partial charge in [0.05, 0.1) is 0 Å². The number of hydrogen-bond acceptors (Lipinski definition) is 0. The van der Waals surface area contributed by atoms with Crippen LogP contribution in [0.1, 0.15) is 49.9 Å². The zero-order valence-corrected chi connectivity index (χ0v) is 16.4. The van der Waals surface area contributed by atoms with Gasteiger partial charge >= 0.3 is 0 Å². The Bertz CT molecular complexity index is 575. The molecule has 0 saturated carbocycles. The van der Waals surface area contributed by atoms with Crippen molar-refractivity contribution in [3.05, 3.63) is 84.0 Å². The molecule has 0 aliphatic heterocycles. The third kappa shape index (κ3) is 6.20. The molecule has 0 saturated heterocycles. The van der Waals surface area contributed by atoms with Crippen molar-refractivity contribution in [2.45, 2.75) is 54.4 Å². The fourth-order valence-electron chi connectivity index (χ4n) is 2.51. The van der Waals surface area contributed by atoms with Crippen LogP contribution in [0, 0.1) is 13.8 Å². The molecule has 0 atom stereocenters. The summed E-state index contributed by atoms with van der Waals surface area (Å²) in [4.78, 5) is 0. The number of benzene rings is 2. The third-order valence-corrected chi connectivity index (χ3v) is 3.65. The first kappa shape index (κ1) is 21.9. The number of allylic oxidation sites excluding steroid dienone is 2. The summed E-state index contributed by atoms with van der Waals surface area (Å²) in [6.07, 6.45) is 5.74. The second-order valence-corrected chi connectivity index (χ2v) is 5.28. The van der Waals surface area contributed by atoms with Crippen LogP contribution in [0.15, 0.2) is 61.7 Å². The summed E-state index contributed by atoms with van der Waals surface area (Å²) in [7, 11) is 0. The molecule has 0 nitrogen and oxygen atoms in total. The maximum Gasteiger partial charge on any atom is -0.00999 e. The molecule has 130 valence electrons. The van der Waals surface area contributed by atoms with Crippen LogP contribution >= 0.6 is 0 Å². The van der Waals surface area contributed by atoms with Gasteiger partial charge in [-0.15, -0.1) is 13.2 Å². The average Bonchev–Trinajstić information content (AvgIpc) is 2.62. The molecule has 0 radical (unpaired) electrons. The Labute approximate surface area is 150 Å². The maximum absolute atomic E-state index is 3.83. The van der Waals surface area contributed by atoms with E-state index in [9.17, 15) is 0 Å². The lowest BCUT2D eigenvalue weighted by Crippen LogP contribution is -1.92. The van der Waals surface area contributed by atoms with Crippen LogP contribution < -0.4 is 0 Å². The maximum atomic E-state index is 3.83. The Morgan fingerprint density at radius 3 is 1.29 bits per heavy atom. The predicted octanol–water partition coefficient (Wildman–Crippen LogP) is 7.48. The summed E-state index contributed by atoms with van der Waals surface area (Å²) in [5.41, 5.74) is 7.91. The Morgan fingerprint density at radius 1 is 0.667 bits per heavy atom. The highest BCUT2D eigenvalue weighted by atomic mass is 14.1. The molecule has 0 N–H and O–H groups in total. The highest BCUT2D eigenvalue weighted by Crippen LogP contribution is 2.29. The van der Waals surface area contributed by atoms with Gasteiger partial charge in [0.1, 0.15) is 0 Å². The van der Waals surface area contributed by atoms with Crippen molar-refractivity contribution in [3.63, 3.8) is 0 Å². The van der Waals surface area contributed by atoms with Crippen molar-refractivity contribution in [1.82, 2.24) is 0 Å². The number of hydrogen-bond donors (Lipinski definition) is 0. The lowest BCUT2D eigenvalue weighted by atomic mass is 9.92. The first-order chi connectivity index (χ1) is 11.7. The molecule has 24 heavy (non-hydrogen) atoms. The lowest BCUT2D eigenvalue weighted by molar-refractivity contribution is 1.24. The van der Waals surface area contributed by atoms with Crippen molar-refractivity contribution in [3.8, 4) is 11.1 Å². The van der Waals surface area contributed by atoms with Crippen LogP contribution in [0.3, 0.4) is 0 Å². The second-order valence-electron chi connectivity index (χ2n) is 5.28. The predicted molar refractivity (Wildman–Crippen MR) is 112 cm³/mol. The molecule has 0 fully saturated rings. The molecule has 0 amide bonds. The molecule has 2 aromatic carbocycles. The van der Waals surface area contributed by atoms with E-state index in [0.29, 0.717) is 0 Å². The van der Waals surface area contributed by atoms with Gasteiger partial charge in [-0.1, -0.05) is 76.2 Å². The fourth-order valence-corrected chi connectivity index (χ4v) is 2.51. The van der Waals surface area contributed by atoms with Gasteiger partial charge in [0.15, 0.2) is 0 Å². The monoisotopic (exact) mass is 322 g/mol. The minimum absolute atomic E-state index is 0.915. The quantitative estimate of drug-likeness (QED) is 0.500. The van der Waals surface area contributed by atoms with E-state index in [4.69, 9.17) is 0 Å². The second kappa shape index (κ2) is 12.4. The van der Waals surface area contributed by atoms with Gasteiger partial charge in [0.2, 0.25) is 0 Å². The van der Waals surface area contributed by atoms with E-state index in [1.807, 2.05) is 39.8 Å². The Balaban J connectivity index is 0.00000123. The largest absolute Gasteiger partial charge is 0.103 e. The van der Waals surface area contributed by atoms with E-state index in [2.05, 4.69) is 63.4 Å². The summed E-state index contributed by atoms with van der Waals surface area (Å²) in [5.74, 6) is 0.